The number of nitrogens with zero attached hydrogens (tertiary/aromatic N) is 3. The first-order valence-electron chi connectivity index (χ1n) is 18.3. The SMILES string of the molecule is c1ccc(-c2cccc3c2oc2cccc(-c4nc(-c5ccc6ccc7oc8ccccc8c7c6c5)nc(-c5cccc6sc7ccccc7c56)n4)c23)cc1. The van der Waals surface area contributed by atoms with Crippen LogP contribution in [0.1, 0.15) is 0 Å². The predicted molar refractivity (Wildman–Crippen MR) is 227 cm³/mol. The highest BCUT2D eigenvalue weighted by molar-refractivity contribution is 7.25. The number of para-hydroxylation sites is 2. The molecule has 0 aliphatic heterocycles. The second-order valence-electron chi connectivity index (χ2n) is 13.9. The summed E-state index contributed by atoms with van der Waals surface area (Å²) in [5.74, 6) is 1.80. The van der Waals surface area contributed by atoms with Gasteiger partial charge in [0.05, 0.1) is 0 Å². The molecule has 0 aliphatic carbocycles. The van der Waals surface area contributed by atoms with Crippen molar-refractivity contribution in [1.82, 2.24) is 15.0 Å². The Bertz CT molecular complexity index is 3510. The molecule has 256 valence electrons. The first-order valence-corrected chi connectivity index (χ1v) is 19.1. The molecule has 5 nitrogen and oxygen atoms in total. The molecule has 12 rings (SSSR count). The van der Waals surface area contributed by atoms with E-state index < -0.39 is 0 Å². The minimum atomic E-state index is 0.585. The molecule has 0 unspecified atom stereocenters. The fraction of sp³-hybridized carbons (Fsp3) is 0. The molecule has 55 heavy (non-hydrogen) atoms. The first-order chi connectivity index (χ1) is 27.2. The van der Waals surface area contributed by atoms with Crippen LogP contribution < -0.4 is 0 Å². The minimum Gasteiger partial charge on any atom is -0.456 e. The van der Waals surface area contributed by atoms with E-state index in [4.69, 9.17) is 23.8 Å². The monoisotopic (exact) mass is 721 g/mol. The van der Waals surface area contributed by atoms with E-state index >= 15 is 0 Å². The molecule has 0 radical (unpaired) electrons. The standard InChI is InChI=1S/C49H27N3O2S/c1-2-11-28(12-3-1)31-15-8-16-34-44-35(17-9-20-39(44)54-46(31)34)48-50-47(51-49(52-48)36-18-10-22-42-45(36)33-14-5-7-21-41(33)55-42)30-24-23-29-25-26-40-43(37(29)27-30)32-13-4-6-19-38(32)53-40/h1-27H. The predicted octanol–water partition coefficient (Wildman–Crippen LogP) is 13.9. The number of thiophene rings is 1. The summed E-state index contributed by atoms with van der Waals surface area (Å²) in [4.78, 5) is 15.9. The van der Waals surface area contributed by atoms with Crippen LogP contribution >= 0.6 is 11.3 Å². The smallest absolute Gasteiger partial charge is 0.164 e. The lowest BCUT2D eigenvalue weighted by Gasteiger charge is -2.11. The van der Waals surface area contributed by atoms with Gasteiger partial charge in [-0.3, -0.25) is 0 Å². The Labute approximate surface area is 317 Å². The van der Waals surface area contributed by atoms with Crippen LogP contribution in [-0.4, -0.2) is 15.0 Å². The van der Waals surface area contributed by atoms with Crippen molar-refractivity contribution in [1.29, 1.82) is 0 Å². The normalized spacial score (nSPS) is 12.0. The highest BCUT2D eigenvalue weighted by atomic mass is 32.1. The van der Waals surface area contributed by atoms with E-state index in [1.807, 2.05) is 30.3 Å². The molecule has 4 heterocycles. The topological polar surface area (TPSA) is 65.0 Å². The lowest BCUT2D eigenvalue weighted by atomic mass is 10.00. The molecule has 0 fully saturated rings. The number of hydrogen-bond acceptors (Lipinski definition) is 6. The van der Waals surface area contributed by atoms with E-state index in [9.17, 15) is 0 Å². The van der Waals surface area contributed by atoms with Gasteiger partial charge in [0.15, 0.2) is 17.5 Å². The fourth-order valence-corrected chi connectivity index (χ4v) is 9.40. The van der Waals surface area contributed by atoms with Crippen molar-refractivity contribution in [2.45, 2.75) is 0 Å². The molecule has 12 aromatic rings. The van der Waals surface area contributed by atoms with Gasteiger partial charge in [-0.25, -0.2) is 15.0 Å². The summed E-state index contributed by atoms with van der Waals surface area (Å²) >= 11 is 1.79. The van der Waals surface area contributed by atoms with E-state index in [0.29, 0.717) is 17.5 Å². The van der Waals surface area contributed by atoms with Gasteiger partial charge in [-0.1, -0.05) is 127 Å². The second-order valence-corrected chi connectivity index (χ2v) is 15.0. The maximum absolute atomic E-state index is 6.66. The van der Waals surface area contributed by atoms with E-state index in [1.165, 1.54) is 14.8 Å². The van der Waals surface area contributed by atoms with Crippen LogP contribution in [0.15, 0.2) is 173 Å². The maximum Gasteiger partial charge on any atom is 0.164 e. The zero-order valence-electron chi connectivity index (χ0n) is 29.2. The van der Waals surface area contributed by atoms with Gasteiger partial charge in [0.2, 0.25) is 0 Å². The fourth-order valence-electron chi connectivity index (χ4n) is 8.27. The van der Waals surface area contributed by atoms with Gasteiger partial charge in [-0.05, 0) is 52.7 Å². The van der Waals surface area contributed by atoms with Crippen molar-refractivity contribution >= 4 is 86.2 Å². The third-order valence-electron chi connectivity index (χ3n) is 10.7. The number of fused-ring (bicyclic) bond motifs is 11. The summed E-state index contributed by atoms with van der Waals surface area (Å²) < 4.78 is 15.4. The molecule has 6 heteroatoms. The van der Waals surface area contributed by atoms with Gasteiger partial charge in [0.25, 0.3) is 0 Å². The average Bonchev–Trinajstić information content (AvgIpc) is 3.95. The van der Waals surface area contributed by atoms with Crippen LogP contribution in [0.3, 0.4) is 0 Å². The highest BCUT2D eigenvalue weighted by Crippen LogP contribution is 2.43. The molecule has 0 saturated heterocycles. The van der Waals surface area contributed by atoms with E-state index in [-0.39, 0.29) is 0 Å². The number of hydrogen-bond donors (Lipinski definition) is 0. The lowest BCUT2D eigenvalue weighted by Crippen LogP contribution is -2.00. The van der Waals surface area contributed by atoms with Gasteiger partial charge >= 0.3 is 0 Å². The lowest BCUT2D eigenvalue weighted by molar-refractivity contribution is 0.669. The Morgan fingerprint density at radius 2 is 1.00 bits per heavy atom. The van der Waals surface area contributed by atoms with Crippen LogP contribution in [0, 0.1) is 0 Å². The summed E-state index contributed by atoms with van der Waals surface area (Å²) in [6.07, 6.45) is 0. The summed E-state index contributed by atoms with van der Waals surface area (Å²) in [6, 6.07) is 56.7. The Balaban J connectivity index is 1.15. The minimum absolute atomic E-state index is 0.585. The Kier molecular flexibility index (Phi) is 6.44. The van der Waals surface area contributed by atoms with Crippen molar-refractivity contribution in [3.05, 3.63) is 164 Å². The number of furan rings is 2. The number of rotatable bonds is 4. The van der Waals surface area contributed by atoms with Gasteiger partial charge in [0, 0.05) is 64.0 Å². The van der Waals surface area contributed by atoms with Crippen LogP contribution in [0.2, 0.25) is 0 Å². The largest absolute Gasteiger partial charge is 0.456 e. The molecule has 4 aromatic heterocycles. The van der Waals surface area contributed by atoms with Crippen molar-refractivity contribution in [2.24, 2.45) is 0 Å². The molecule has 0 atom stereocenters. The van der Waals surface area contributed by atoms with Crippen LogP contribution in [0.4, 0.5) is 0 Å². The second kappa shape index (κ2) is 11.7. The first kappa shape index (κ1) is 30.3. The van der Waals surface area contributed by atoms with Crippen LogP contribution in [0.5, 0.6) is 0 Å². The Morgan fingerprint density at radius 3 is 1.89 bits per heavy atom. The Morgan fingerprint density at radius 1 is 0.364 bits per heavy atom. The summed E-state index contributed by atoms with van der Waals surface area (Å²) in [5, 5.41) is 8.71. The number of aromatic nitrogens is 3. The van der Waals surface area contributed by atoms with Gasteiger partial charge in [-0.15, -0.1) is 11.3 Å². The quantitative estimate of drug-likeness (QED) is 0.181. The number of benzene rings is 8. The molecule has 0 bridgehead atoms. The maximum atomic E-state index is 6.66. The van der Waals surface area contributed by atoms with Crippen LogP contribution in [0.25, 0.3) is 120 Å². The van der Waals surface area contributed by atoms with Gasteiger partial charge in [0.1, 0.15) is 22.3 Å². The third-order valence-corrected chi connectivity index (χ3v) is 11.9. The summed E-state index contributed by atoms with van der Waals surface area (Å²) in [5.41, 5.74) is 8.24. The third kappa shape index (κ3) is 4.62. The van der Waals surface area contributed by atoms with Crippen LogP contribution in [-0.2, 0) is 0 Å². The van der Waals surface area contributed by atoms with E-state index in [2.05, 4.69) is 133 Å². The summed E-state index contributed by atoms with van der Waals surface area (Å²) in [6.45, 7) is 0. The molecular formula is C49H27N3O2S. The molecule has 0 spiro atoms. The van der Waals surface area contributed by atoms with Gasteiger partial charge < -0.3 is 8.83 Å². The van der Waals surface area contributed by atoms with Gasteiger partial charge in [-0.2, -0.15) is 0 Å². The molecule has 0 aliphatic rings. The van der Waals surface area contributed by atoms with Crippen molar-refractivity contribution in [3.8, 4) is 45.3 Å². The van der Waals surface area contributed by atoms with E-state index in [0.717, 1.165) is 87.9 Å². The summed E-state index contributed by atoms with van der Waals surface area (Å²) in [7, 11) is 0. The highest BCUT2D eigenvalue weighted by Gasteiger charge is 2.21. The molecule has 0 N–H and O–H groups in total. The zero-order chi connectivity index (χ0) is 36.0. The Hall–Kier alpha value is -7.15. The molecule has 0 saturated carbocycles. The molecule has 0 amide bonds. The van der Waals surface area contributed by atoms with Crippen molar-refractivity contribution in [3.63, 3.8) is 0 Å². The molecular weight excluding hydrogens is 695 g/mol. The van der Waals surface area contributed by atoms with E-state index in [1.54, 1.807) is 11.3 Å². The van der Waals surface area contributed by atoms with Crippen molar-refractivity contribution in [2.75, 3.05) is 0 Å². The average molecular weight is 722 g/mol. The zero-order valence-corrected chi connectivity index (χ0v) is 30.0. The molecule has 8 aromatic carbocycles. The van der Waals surface area contributed by atoms with Crippen molar-refractivity contribution < 1.29 is 8.83 Å².